The van der Waals surface area contributed by atoms with Gasteiger partial charge < -0.3 is 10.2 Å². The highest BCUT2D eigenvalue weighted by molar-refractivity contribution is 6.30. The summed E-state index contributed by atoms with van der Waals surface area (Å²) in [6.07, 6.45) is 8.90. The van der Waals surface area contributed by atoms with Crippen LogP contribution >= 0.6 is 11.6 Å². The van der Waals surface area contributed by atoms with Gasteiger partial charge in [0.2, 0.25) is 0 Å². The SMILES string of the molecule is Oc1ccc(/C=C/C2=NN(c3ccc(Cl)cc3)C(/C=C/c3ccc(O)cc3)C2)cc1. The van der Waals surface area contributed by atoms with Crippen molar-refractivity contribution in [1.29, 1.82) is 0 Å². The maximum atomic E-state index is 9.47. The summed E-state index contributed by atoms with van der Waals surface area (Å²) >= 11 is 6.05. The summed E-state index contributed by atoms with van der Waals surface area (Å²) in [6, 6.07) is 21.8. The average molecular weight is 417 g/mol. The largest absolute Gasteiger partial charge is 0.508 e. The number of allylic oxidation sites excluding steroid dienone is 1. The van der Waals surface area contributed by atoms with E-state index < -0.39 is 0 Å². The third-order valence-corrected chi connectivity index (χ3v) is 5.08. The lowest BCUT2D eigenvalue weighted by Crippen LogP contribution is -2.23. The van der Waals surface area contributed by atoms with Gasteiger partial charge in [0, 0.05) is 11.4 Å². The highest BCUT2D eigenvalue weighted by atomic mass is 35.5. The van der Waals surface area contributed by atoms with Crippen molar-refractivity contribution in [3.8, 4) is 11.5 Å². The van der Waals surface area contributed by atoms with E-state index >= 15 is 0 Å². The van der Waals surface area contributed by atoms with Gasteiger partial charge in [-0.05, 0) is 65.7 Å². The highest BCUT2D eigenvalue weighted by Crippen LogP contribution is 2.28. The number of hydrazone groups is 1. The van der Waals surface area contributed by atoms with E-state index in [1.165, 1.54) is 0 Å². The van der Waals surface area contributed by atoms with Crippen molar-refractivity contribution in [3.63, 3.8) is 0 Å². The summed E-state index contributed by atoms with van der Waals surface area (Å²) in [5, 5.41) is 26.4. The number of phenolic OH excluding ortho intramolecular Hbond substituents is 2. The van der Waals surface area contributed by atoms with Crippen molar-refractivity contribution in [1.82, 2.24) is 0 Å². The average Bonchev–Trinajstić information content (AvgIpc) is 3.17. The van der Waals surface area contributed by atoms with Gasteiger partial charge in [-0.2, -0.15) is 5.10 Å². The molecule has 4 nitrogen and oxygen atoms in total. The van der Waals surface area contributed by atoms with Crippen LogP contribution in [0.5, 0.6) is 11.5 Å². The molecule has 1 atom stereocenters. The summed E-state index contributed by atoms with van der Waals surface area (Å²) in [4.78, 5) is 0. The minimum atomic E-state index is 0.0550. The molecule has 0 aliphatic carbocycles. The molecule has 0 bridgehead atoms. The Labute approximate surface area is 180 Å². The minimum absolute atomic E-state index is 0.0550. The van der Waals surface area contributed by atoms with Crippen LogP contribution in [0.2, 0.25) is 5.02 Å². The number of hydrogen-bond donors (Lipinski definition) is 2. The lowest BCUT2D eigenvalue weighted by Gasteiger charge is -2.21. The smallest absolute Gasteiger partial charge is 0.115 e. The molecule has 1 aliphatic heterocycles. The fourth-order valence-electron chi connectivity index (χ4n) is 3.23. The highest BCUT2D eigenvalue weighted by Gasteiger charge is 2.24. The Balaban J connectivity index is 1.57. The summed E-state index contributed by atoms with van der Waals surface area (Å²) in [6.45, 7) is 0. The van der Waals surface area contributed by atoms with Crippen LogP contribution in [0.25, 0.3) is 12.2 Å². The number of nitrogens with zero attached hydrogens (tertiary/aromatic N) is 2. The fourth-order valence-corrected chi connectivity index (χ4v) is 3.36. The molecule has 0 aromatic heterocycles. The molecule has 3 aromatic rings. The van der Waals surface area contributed by atoms with E-state index in [1.807, 2.05) is 71.8 Å². The second-order valence-electron chi connectivity index (χ2n) is 7.06. The first-order valence-corrected chi connectivity index (χ1v) is 10.0. The molecular formula is C25H21ClN2O2. The molecule has 0 radical (unpaired) electrons. The van der Waals surface area contributed by atoms with E-state index in [1.54, 1.807) is 24.3 Å². The van der Waals surface area contributed by atoms with Crippen LogP contribution in [0.4, 0.5) is 5.69 Å². The third kappa shape index (κ3) is 4.91. The molecule has 0 fully saturated rings. The van der Waals surface area contributed by atoms with Crippen LogP contribution in [-0.4, -0.2) is 22.0 Å². The second kappa shape index (κ2) is 8.89. The molecule has 2 N–H and O–H groups in total. The number of rotatable bonds is 5. The molecule has 0 saturated carbocycles. The Hall–Kier alpha value is -3.50. The van der Waals surface area contributed by atoms with Gasteiger partial charge in [-0.15, -0.1) is 0 Å². The number of anilines is 1. The number of benzene rings is 3. The van der Waals surface area contributed by atoms with Gasteiger partial charge in [0.1, 0.15) is 11.5 Å². The van der Waals surface area contributed by atoms with Gasteiger partial charge in [0.25, 0.3) is 0 Å². The van der Waals surface area contributed by atoms with Crippen molar-refractivity contribution in [2.24, 2.45) is 5.10 Å². The van der Waals surface area contributed by atoms with Crippen LogP contribution in [0.3, 0.4) is 0 Å². The summed E-state index contributed by atoms with van der Waals surface area (Å²) in [5.74, 6) is 0.500. The van der Waals surface area contributed by atoms with Gasteiger partial charge >= 0.3 is 0 Å². The van der Waals surface area contributed by atoms with Crippen LogP contribution in [0.15, 0.2) is 90.0 Å². The molecule has 150 valence electrons. The Kier molecular flexibility index (Phi) is 5.87. The zero-order chi connectivity index (χ0) is 20.9. The number of hydrogen-bond acceptors (Lipinski definition) is 4. The Morgan fingerprint density at radius 2 is 1.33 bits per heavy atom. The van der Waals surface area contributed by atoms with Crippen molar-refractivity contribution in [2.45, 2.75) is 12.5 Å². The molecule has 1 unspecified atom stereocenters. The van der Waals surface area contributed by atoms with E-state index in [0.717, 1.165) is 28.9 Å². The zero-order valence-corrected chi connectivity index (χ0v) is 16.9. The molecule has 0 amide bonds. The van der Waals surface area contributed by atoms with Gasteiger partial charge in [-0.1, -0.05) is 54.1 Å². The molecule has 30 heavy (non-hydrogen) atoms. The third-order valence-electron chi connectivity index (χ3n) is 4.82. The summed E-state index contributed by atoms with van der Waals surface area (Å²) in [5.41, 5.74) is 3.93. The van der Waals surface area contributed by atoms with Crippen molar-refractivity contribution in [3.05, 3.63) is 101 Å². The van der Waals surface area contributed by atoms with Crippen LogP contribution in [0.1, 0.15) is 17.5 Å². The predicted octanol–water partition coefficient (Wildman–Crippen LogP) is 6.11. The molecule has 0 saturated heterocycles. The molecule has 1 aliphatic rings. The maximum absolute atomic E-state index is 9.47. The van der Waals surface area contributed by atoms with E-state index in [-0.39, 0.29) is 17.5 Å². The molecule has 5 heteroatoms. The zero-order valence-electron chi connectivity index (χ0n) is 16.2. The van der Waals surface area contributed by atoms with Gasteiger partial charge in [0.15, 0.2) is 0 Å². The van der Waals surface area contributed by atoms with Gasteiger partial charge in [-0.3, -0.25) is 5.01 Å². The maximum Gasteiger partial charge on any atom is 0.115 e. The standard InChI is InChI=1S/C25H21ClN2O2/c26-20-7-11-22(12-8-20)28-23(10-2-19-5-15-25(30)16-6-19)17-21(27-28)9-1-18-3-13-24(29)14-4-18/h1-16,23,29-30H,17H2/b9-1+,10-2+. The van der Waals surface area contributed by atoms with Crippen molar-refractivity contribution >= 4 is 35.2 Å². The molecule has 3 aromatic carbocycles. The number of aromatic hydroxyl groups is 2. The summed E-state index contributed by atoms with van der Waals surface area (Å²) in [7, 11) is 0. The first-order valence-electron chi connectivity index (χ1n) is 9.63. The fraction of sp³-hybridized carbons (Fsp3) is 0.0800. The predicted molar refractivity (Wildman–Crippen MR) is 124 cm³/mol. The first-order chi connectivity index (χ1) is 14.6. The second-order valence-corrected chi connectivity index (χ2v) is 7.50. The first kappa shape index (κ1) is 19.8. The molecule has 0 spiro atoms. The molecule has 1 heterocycles. The normalized spacial score (nSPS) is 16.5. The van der Waals surface area contributed by atoms with E-state index in [2.05, 4.69) is 6.08 Å². The number of phenols is 2. The van der Waals surface area contributed by atoms with Gasteiger partial charge in [0.05, 0.1) is 17.4 Å². The quantitative estimate of drug-likeness (QED) is 0.527. The Morgan fingerprint density at radius 3 is 1.93 bits per heavy atom. The van der Waals surface area contributed by atoms with E-state index in [0.29, 0.717) is 5.02 Å². The monoisotopic (exact) mass is 416 g/mol. The van der Waals surface area contributed by atoms with E-state index in [4.69, 9.17) is 16.7 Å². The molecular weight excluding hydrogens is 396 g/mol. The Morgan fingerprint density at radius 1 is 0.767 bits per heavy atom. The van der Waals surface area contributed by atoms with Crippen LogP contribution < -0.4 is 5.01 Å². The molecule has 4 rings (SSSR count). The van der Waals surface area contributed by atoms with Crippen molar-refractivity contribution < 1.29 is 10.2 Å². The Bertz CT molecular complexity index is 1090. The van der Waals surface area contributed by atoms with E-state index in [9.17, 15) is 10.2 Å². The van der Waals surface area contributed by atoms with Crippen LogP contribution in [0, 0.1) is 0 Å². The minimum Gasteiger partial charge on any atom is -0.508 e. The van der Waals surface area contributed by atoms with Gasteiger partial charge in [-0.25, -0.2) is 0 Å². The lowest BCUT2D eigenvalue weighted by molar-refractivity contribution is 0.474. The van der Waals surface area contributed by atoms with Crippen molar-refractivity contribution in [2.75, 3.05) is 5.01 Å². The lowest BCUT2D eigenvalue weighted by atomic mass is 10.1. The summed E-state index contributed by atoms with van der Waals surface area (Å²) < 4.78 is 0. The van der Waals surface area contributed by atoms with Crippen LogP contribution in [-0.2, 0) is 0 Å². The topological polar surface area (TPSA) is 56.1 Å². The number of halogens is 1.